The summed E-state index contributed by atoms with van der Waals surface area (Å²) in [5.74, 6) is -0.189. The number of aromatic nitrogens is 1. The Bertz CT molecular complexity index is 658. The van der Waals surface area contributed by atoms with Gasteiger partial charge >= 0.3 is 5.97 Å². The second-order valence-corrected chi connectivity index (χ2v) is 6.97. The molecule has 5 heteroatoms. The van der Waals surface area contributed by atoms with E-state index in [4.69, 9.17) is 10.8 Å². The number of nitrogen functional groups attached to an aromatic ring is 1. The van der Waals surface area contributed by atoms with E-state index in [1.807, 2.05) is 12.1 Å². The Morgan fingerprint density at radius 2 is 1.91 bits per heavy atom. The fourth-order valence-corrected chi connectivity index (χ4v) is 4.05. The summed E-state index contributed by atoms with van der Waals surface area (Å²) in [6, 6.07) is 8.41. The van der Waals surface area contributed by atoms with Crippen LogP contribution < -0.4 is 5.73 Å². The van der Waals surface area contributed by atoms with Gasteiger partial charge in [-0.3, -0.25) is 4.79 Å². The van der Waals surface area contributed by atoms with E-state index in [9.17, 15) is 4.79 Å². The van der Waals surface area contributed by atoms with Crippen LogP contribution in [-0.2, 0) is 11.2 Å². The number of hydrogen-bond donors (Lipinski definition) is 2. The van der Waals surface area contributed by atoms with Crippen LogP contribution in [-0.4, -0.2) is 16.1 Å². The lowest BCUT2D eigenvalue weighted by Crippen LogP contribution is -2.04. The van der Waals surface area contributed by atoms with Crippen molar-refractivity contribution in [3.63, 3.8) is 0 Å². The smallest absolute Gasteiger partial charge is 0.308 e. The van der Waals surface area contributed by atoms with Gasteiger partial charge in [0, 0.05) is 10.4 Å². The van der Waals surface area contributed by atoms with E-state index in [1.165, 1.54) is 49.0 Å². The minimum Gasteiger partial charge on any atom is -0.481 e. The van der Waals surface area contributed by atoms with E-state index in [0.29, 0.717) is 16.7 Å². The van der Waals surface area contributed by atoms with Crippen LogP contribution in [0.2, 0.25) is 0 Å². The molecule has 3 N–H and O–H groups in total. The van der Waals surface area contributed by atoms with E-state index in [-0.39, 0.29) is 6.42 Å². The number of nitrogens with two attached hydrogens (primary N) is 1. The van der Waals surface area contributed by atoms with Crippen molar-refractivity contribution in [3.8, 4) is 11.3 Å². The fraction of sp³-hybridized carbons (Fsp3) is 0.412. The summed E-state index contributed by atoms with van der Waals surface area (Å²) in [4.78, 5) is 16.0. The number of hydrogen-bond acceptors (Lipinski definition) is 4. The number of benzene rings is 1. The molecule has 4 nitrogen and oxygen atoms in total. The van der Waals surface area contributed by atoms with E-state index in [2.05, 4.69) is 17.1 Å². The first-order valence-corrected chi connectivity index (χ1v) is 8.52. The summed E-state index contributed by atoms with van der Waals surface area (Å²) in [5.41, 5.74) is 8.79. The van der Waals surface area contributed by atoms with Crippen LogP contribution in [0.1, 0.15) is 48.5 Å². The molecular formula is C17H20N2O2S. The van der Waals surface area contributed by atoms with E-state index in [0.717, 1.165) is 10.4 Å². The quantitative estimate of drug-likeness (QED) is 0.891. The Labute approximate surface area is 134 Å². The van der Waals surface area contributed by atoms with E-state index >= 15 is 0 Å². The Morgan fingerprint density at radius 3 is 2.55 bits per heavy atom. The molecule has 2 aromatic rings. The van der Waals surface area contributed by atoms with Gasteiger partial charge < -0.3 is 10.8 Å². The van der Waals surface area contributed by atoms with Gasteiger partial charge in [0.1, 0.15) is 0 Å². The number of anilines is 1. The minimum absolute atomic E-state index is 0.0332. The molecule has 1 fully saturated rings. The number of carboxylic acid groups (broad SMARTS) is 1. The third-order valence-corrected chi connectivity index (χ3v) is 5.17. The maximum atomic E-state index is 11.0. The zero-order chi connectivity index (χ0) is 15.5. The monoisotopic (exact) mass is 316 g/mol. The molecule has 0 unspecified atom stereocenters. The van der Waals surface area contributed by atoms with Gasteiger partial charge in [-0.2, -0.15) is 0 Å². The first-order valence-electron chi connectivity index (χ1n) is 7.71. The highest BCUT2D eigenvalue weighted by Gasteiger charge is 2.17. The Balaban J connectivity index is 1.84. The number of nitrogens with zero attached hydrogens (tertiary/aromatic N) is 1. The van der Waals surface area contributed by atoms with Crippen molar-refractivity contribution in [2.45, 2.75) is 44.4 Å². The molecule has 116 valence electrons. The molecule has 0 aliphatic heterocycles. The predicted octanol–water partition coefficient (Wildman–Crippen LogP) is 4.07. The van der Waals surface area contributed by atoms with Crippen LogP contribution >= 0.6 is 11.3 Å². The van der Waals surface area contributed by atoms with Gasteiger partial charge in [0.25, 0.3) is 0 Å². The number of aliphatic carboxylic acids is 1. The molecule has 0 spiro atoms. The van der Waals surface area contributed by atoms with Crippen LogP contribution in [0.4, 0.5) is 5.13 Å². The van der Waals surface area contributed by atoms with Crippen molar-refractivity contribution in [1.29, 1.82) is 0 Å². The molecule has 1 heterocycles. The molecule has 0 bridgehead atoms. The number of carbonyl (C=O) groups is 1. The fourth-order valence-electron chi connectivity index (χ4n) is 3.20. The zero-order valence-electron chi connectivity index (χ0n) is 12.4. The molecule has 1 saturated carbocycles. The van der Waals surface area contributed by atoms with Crippen molar-refractivity contribution in [2.24, 2.45) is 0 Å². The highest BCUT2D eigenvalue weighted by Crippen LogP contribution is 2.35. The standard InChI is InChI=1S/C17H20N2O2S/c18-17-19-16(14(22-17)10-15(20)21)13-8-6-12(7-9-13)11-4-2-1-3-5-11/h6-9,11H,1-5,10H2,(H2,18,19)(H,20,21). The van der Waals surface area contributed by atoms with Gasteiger partial charge in [-0.05, 0) is 24.3 Å². The molecule has 1 aromatic heterocycles. The maximum absolute atomic E-state index is 11.0. The average molecular weight is 316 g/mol. The summed E-state index contributed by atoms with van der Waals surface area (Å²) in [6.07, 6.45) is 6.50. The van der Waals surface area contributed by atoms with Gasteiger partial charge in [-0.15, -0.1) is 11.3 Å². The summed E-state index contributed by atoms with van der Waals surface area (Å²) in [6.45, 7) is 0. The summed E-state index contributed by atoms with van der Waals surface area (Å²) < 4.78 is 0. The van der Waals surface area contributed by atoms with Crippen LogP contribution in [0, 0.1) is 0 Å². The van der Waals surface area contributed by atoms with Crippen molar-refractivity contribution in [1.82, 2.24) is 4.98 Å². The highest BCUT2D eigenvalue weighted by atomic mass is 32.1. The topological polar surface area (TPSA) is 76.2 Å². The summed E-state index contributed by atoms with van der Waals surface area (Å²) in [7, 11) is 0. The molecule has 3 rings (SSSR count). The van der Waals surface area contributed by atoms with Crippen molar-refractivity contribution >= 4 is 22.4 Å². The van der Waals surface area contributed by atoms with Gasteiger partial charge in [0.05, 0.1) is 12.1 Å². The van der Waals surface area contributed by atoms with Crippen molar-refractivity contribution in [3.05, 3.63) is 34.7 Å². The SMILES string of the molecule is Nc1nc(-c2ccc(C3CCCCC3)cc2)c(CC(=O)O)s1. The Kier molecular flexibility index (Phi) is 4.43. The highest BCUT2D eigenvalue weighted by molar-refractivity contribution is 7.15. The lowest BCUT2D eigenvalue weighted by atomic mass is 9.84. The lowest BCUT2D eigenvalue weighted by molar-refractivity contribution is -0.136. The minimum atomic E-state index is -0.858. The molecular weight excluding hydrogens is 296 g/mol. The third-order valence-electron chi connectivity index (χ3n) is 4.29. The van der Waals surface area contributed by atoms with Crippen LogP contribution in [0.15, 0.2) is 24.3 Å². The maximum Gasteiger partial charge on any atom is 0.308 e. The van der Waals surface area contributed by atoms with Crippen LogP contribution in [0.5, 0.6) is 0 Å². The number of rotatable bonds is 4. The number of carboxylic acids is 1. The van der Waals surface area contributed by atoms with Crippen LogP contribution in [0.25, 0.3) is 11.3 Å². The second-order valence-electron chi connectivity index (χ2n) is 5.85. The second kappa shape index (κ2) is 6.48. The largest absolute Gasteiger partial charge is 0.481 e. The average Bonchev–Trinajstić information content (AvgIpc) is 2.88. The molecule has 0 amide bonds. The molecule has 0 radical (unpaired) electrons. The molecule has 1 aromatic carbocycles. The molecule has 1 aliphatic rings. The van der Waals surface area contributed by atoms with Gasteiger partial charge in [-0.1, -0.05) is 43.5 Å². The molecule has 22 heavy (non-hydrogen) atoms. The van der Waals surface area contributed by atoms with Gasteiger partial charge in [-0.25, -0.2) is 4.98 Å². The van der Waals surface area contributed by atoms with Crippen LogP contribution in [0.3, 0.4) is 0 Å². The van der Waals surface area contributed by atoms with Crippen molar-refractivity contribution < 1.29 is 9.90 Å². The molecule has 0 saturated heterocycles. The normalized spacial score (nSPS) is 15.8. The number of thiazole rings is 1. The van der Waals surface area contributed by atoms with E-state index in [1.54, 1.807) is 0 Å². The Morgan fingerprint density at radius 1 is 1.23 bits per heavy atom. The van der Waals surface area contributed by atoms with Gasteiger partial charge in [0.2, 0.25) is 0 Å². The lowest BCUT2D eigenvalue weighted by Gasteiger charge is -2.22. The molecule has 1 aliphatic carbocycles. The third kappa shape index (κ3) is 3.30. The summed E-state index contributed by atoms with van der Waals surface area (Å²) in [5, 5.41) is 9.42. The van der Waals surface area contributed by atoms with Gasteiger partial charge in [0.15, 0.2) is 5.13 Å². The first kappa shape index (κ1) is 15.0. The Hall–Kier alpha value is -1.88. The molecule has 0 atom stereocenters. The van der Waals surface area contributed by atoms with Crippen molar-refractivity contribution in [2.75, 3.05) is 5.73 Å². The zero-order valence-corrected chi connectivity index (χ0v) is 13.2. The first-order chi connectivity index (χ1) is 10.6. The summed E-state index contributed by atoms with van der Waals surface area (Å²) >= 11 is 1.26. The van der Waals surface area contributed by atoms with E-state index < -0.39 is 5.97 Å². The predicted molar refractivity (Wildman–Crippen MR) is 89.1 cm³/mol.